The van der Waals surface area contributed by atoms with Crippen LogP contribution in [0.1, 0.15) is 57.9 Å². The molecule has 2 N–H and O–H groups in total. The molecule has 0 radical (unpaired) electrons. The maximum Gasteiger partial charge on any atom is 0.233 e. The summed E-state index contributed by atoms with van der Waals surface area (Å²) in [7, 11) is 0. The molecule has 0 spiro atoms. The molecule has 21 heavy (non-hydrogen) atoms. The zero-order valence-electron chi connectivity index (χ0n) is 13.2. The molecule has 0 aliphatic carbocycles. The van der Waals surface area contributed by atoms with Gasteiger partial charge in [-0.1, -0.05) is 45.7 Å². The summed E-state index contributed by atoms with van der Waals surface area (Å²) in [4.78, 5) is 23.3. The van der Waals surface area contributed by atoms with Crippen LogP contribution < -0.4 is 10.6 Å². The van der Waals surface area contributed by atoms with Crippen LogP contribution in [0, 0.1) is 0 Å². The second kappa shape index (κ2) is 9.16. The summed E-state index contributed by atoms with van der Waals surface area (Å²) in [5, 5.41) is 5.50. The number of amides is 2. The summed E-state index contributed by atoms with van der Waals surface area (Å²) in [6.07, 6.45) is 3.04. The number of rotatable bonds is 8. The van der Waals surface area contributed by atoms with Crippen molar-refractivity contribution in [1.82, 2.24) is 5.32 Å². The number of unbranched alkanes of at least 4 members (excludes halogenated alkanes) is 2. The summed E-state index contributed by atoms with van der Waals surface area (Å²) in [5.74, 6) is -0.0358. The quantitative estimate of drug-likeness (QED) is 0.569. The number of nitrogens with one attached hydrogen (secondary N) is 2. The monoisotopic (exact) mass is 290 g/mol. The third-order valence-corrected chi connectivity index (χ3v) is 3.28. The first-order chi connectivity index (χ1) is 10.0. The van der Waals surface area contributed by atoms with Gasteiger partial charge in [0.1, 0.15) is 6.42 Å². The second-order valence-electron chi connectivity index (χ2n) is 5.56. The number of hydrogen-bond donors (Lipinski definition) is 2. The molecule has 1 aromatic carbocycles. The van der Waals surface area contributed by atoms with E-state index in [9.17, 15) is 9.59 Å². The van der Waals surface area contributed by atoms with Gasteiger partial charge in [-0.2, -0.15) is 0 Å². The van der Waals surface area contributed by atoms with Gasteiger partial charge in [0.15, 0.2) is 0 Å². The normalized spacial score (nSPS) is 10.5. The highest BCUT2D eigenvalue weighted by atomic mass is 16.2. The molecule has 1 rings (SSSR count). The van der Waals surface area contributed by atoms with Crippen molar-refractivity contribution in [3.63, 3.8) is 0 Å². The first-order valence-corrected chi connectivity index (χ1v) is 7.69. The molecule has 0 saturated carbocycles. The third-order valence-electron chi connectivity index (χ3n) is 3.28. The van der Waals surface area contributed by atoms with Crippen molar-refractivity contribution in [3.05, 3.63) is 29.8 Å². The lowest BCUT2D eigenvalue weighted by Crippen LogP contribution is -2.28. The minimum atomic E-state index is -0.278. The molecule has 0 unspecified atom stereocenters. The fourth-order valence-corrected chi connectivity index (χ4v) is 1.97. The van der Waals surface area contributed by atoms with E-state index in [2.05, 4.69) is 31.4 Å². The molecular formula is C17H26N2O2. The van der Waals surface area contributed by atoms with Crippen LogP contribution in [0.2, 0.25) is 0 Å². The molecule has 116 valence electrons. The van der Waals surface area contributed by atoms with Crippen molar-refractivity contribution in [2.24, 2.45) is 0 Å². The zero-order chi connectivity index (χ0) is 15.7. The van der Waals surface area contributed by atoms with Gasteiger partial charge in [0.25, 0.3) is 0 Å². The molecule has 0 bridgehead atoms. The van der Waals surface area contributed by atoms with Crippen LogP contribution in [0.5, 0.6) is 0 Å². The van der Waals surface area contributed by atoms with E-state index < -0.39 is 0 Å². The highest BCUT2D eigenvalue weighted by Crippen LogP contribution is 2.17. The lowest BCUT2D eigenvalue weighted by atomic mass is 10.0. The lowest BCUT2D eigenvalue weighted by molar-refractivity contribution is -0.126. The summed E-state index contributed by atoms with van der Waals surface area (Å²) >= 11 is 0. The SMILES string of the molecule is CCCCCNC(=O)CC(=O)Nc1ccc(C(C)C)cc1. The highest BCUT2D eigenvalue weighted by molar-refractivity contribution is 6.03. The first-order valence-electron chi connectivity index (χ1n) is 7.69. The van der Waals surface area contributed by atoms with Crippen molar-refractivity contribution in [1.29, 1.82) is 0 Å². The van der Waals surface area contributed by atoms with Gasteiger partial charge in [-0.05, 0) is 30.0 Å². The predicted molar refractivity (Wildman–Crippen MR) is 86.3 cm³/mol. The largest absolute Gasteiger partial charge is 0.356 e. The average molecular weight is 290 g/mol. The molecule has 0 fully saturated rings. The van der Waals surface area contributed by atoms with E-state index in [1.54, 1.807) is 0 Å². The van der Waals surface area contributed by atoms with Crippen molar-refractivity contribution in [2.75, 3.05) is 11.9 Å². The molecule has 0 aliphatic rings. The number of benzene rings is 1. The Hall–Kier alpha value is -1.84. The van der Waals surface area contributed by atoms with Crippen molar-refractivity contribution in [2.45, 2.75) is 52.4 Å². The van der Waals surface area contributed by atoms with Gasteiger partial charge in [0.05, 0.1) is 0 Å². The molecular weight excluding hydrogens is 264 g/mol. The molecule has 0 atom stereocenters. The summed E-state index contributed by atoms with van der Waals surface area (Å²) < 4.78 is 0. The maximum atomic E-state index is 11.8. The van der Waals surface area contributed by atoms with E-state index in [1.807, 2.05) is 24.3 Å². The topological polar surface area (TPSA) is 58.2 Å². The van der Waals surface area contributed by atoms with E-state index >= 15 is 0 Å². The molecule has 0 aromatic heterocycles. The van der Waals surface area contributed by atoms with E-state index in [0.29, 0.717) is 12.5 Å². The Kier molecular flexibility index (Phi) is 7.51. The van der Waals surface area contributed by atoms with Crippen LogP contribution in [-0.4, -0.2) is 18.4 Å². The third kappa shape index (κ3) is 6.93. The van der Waals surface area contributed by atoms with Gasteiger partial charge in [-0.25, -0.2) is 0 Å². The molecule has 1 aromatic rings. The van der Waals surface area contributed by atoms with E-state index in [0.717, 1.165) is 24.9 Å². The van der Waals surface area contributed by atoms with Crippen LogP contribution in [0.4, 0.5) is 5.69 Å². The Balaban J connectivity index is 2.34. The maximum absolute atomic E-state index is 11.8. The van der Waals surface area contributed by atoms with Crippen LogP contribution in [-0.2, 0) is 9.59 Å². The van der Waals surface area contributed by atoms with Gasteiger partial charge in [0, 0.05) is 12.2 Å². The molecule has 0 saturated heterocycles. The number of carbonyl (C=O) groups excluding carboxylic acids is 2. The van der Waals surface area contributed by atoms with Crippen LogP contribution in [0.3, 0.4) is 0 Å². The Morgan fingerprint density at radius 2 is 1.71 bits per heavy atom. The van der Waals surface area contributed by atoms with E-state index in [-0.39, 0.29) is 18.2 Å². The van der Waals surface area contributed by atoms with Gasteiger partial charge in [-0.3, -0.25) is 9.59 Å². The van der Waals surface area contributed by atoms with Crippen LogP contribution in [0.25, 0.3) is 0 Å². The zero-order valence-corrected chi connectivity index (χ0v) is 13.2. The Morgan fingerprint density at radius 1 is 1.05 bits per heavy atom. The Morgan fingerprint density at radius 3 is 2.29 bits per heavy atom. The van der Waals surface area contributed by atoms with Crippen molar-refractivity contribution >= 4 is 17.5 Å². The van der Waals surface area contributed by atoms with Gasteiger partial charge in [-0.15, -0.1) is 0 Å². The predicted octanol–water partition coefficient (Wildman–Crippen LogP) is 3.45. The number of carbonyl (C=O) groups is 2. The average Bonchev–Trinajstić information content (AvgIpc) is 2.44. The fourth-order valence-electron chi connectivity index (χ4n) is 1.97. The van der Waals surface area contributed by atoms with E-state index in [4.69, 9.17) is 0 Å². The molecule has 0 heterocycles. The molecule has 0 aliphatic heterocycles. The smallest absolute Gasteiger partial charge is 0.233 e. The minimum Gasteiger partial charge on any atom is -0.356 e. The van der Waals surface area contributed by atoms with Gasteiger partial charge < -0.3 is 10.6 Å². The minimum absolute atomic E-state index is 0.127. The van der Waals surface area contributed by atoms with Crippen molar-refractivity contribution < 1.29 is 9.59 Å². The van der Waals surface area contributed by atoms with Gasteiger partial charge in [0.2, 0.25) is 11.8 Å². The van der Waals surface area contributed by atoms with Gasteiger partial charge >= 0.3 is 0 Å². The first kappa shape index (κ1) is 17.2. The fraction of sp³-hybridized carbons (Fsp3) is 0.529. The molecule has 2 amide bonds. The summed E-state index contributed by atoms with van der Waals surface area (Å²) in [6.45, 7) is 7.00. The lowest BCUT2D eigenvalue weighted by Gasteiger charge is -2.09. The van der Waals surface area contributed by atoms with Crippen molar-refractivity contribution in [3.8, 4) is 0 Å². The summed E-state index contributed by atoms with van der Waals surface area (Å²) in [5.41, 5.74) is 1.95. The Labute approximate surface area is 127 Å². The number of hydrogen-bond acceptors (Lipinski definition) is 2. The van der Waals surface area contributed by atoms with E-state index in [1.165, 1.54) is 5.56 Å². The highest BCUT2D eigenvalue weighted by Gasteiger charge is 2.09. The Bertz CT molecular complexity index is 452. The number of anilines is 1. The summed E-state index contributed by atoms with van der Waals surface area (Å²) in [6, 6.07) is 7.72. The molecule has 4 heteroatoms. The van der Waals surface area contributed by atoms with Crippen LogP contribution >= 0.6 is 0 Å². The molecule has 4 nitrogen and oxygen atoms in total. The standard InChI is InChI=1S/C17H26N2O2/c1-4-5-6-11-18-16(20)12-17(21)19-15-9-7-14(8-10-15)13(2)3/h7-10,13H,4-6,11-12H2,1-3H3,(H,18,20)(H,19,21). The second-order valence-corrected chi connectivity index (χ2v) is 5.56. The van der Waals surface area contributed by atoms with Crippen LogP contribution in [0.15, 0.2) is 24.3 Å².